The van der Waals surface area contributed by atoms with E-state index in [4.69, 9.17) is 11.6 Å². The topological polar surface area (TPSA) is 37.4 Å². The van der Waals surface area contributed by atoms with Crippen LogP contribution >= 0.6 is 23.4 Å². The van der Waals surface area contributed by atoms with Crippen LogP contribution in [-0.2, 0) is 15.9 Å². The van der Waals surface area contributed by atoms with Gasteiger partial charge in [-0.2, -0.15) is 16.1 Å². The number of benzene rings is 1. The van der Waals surface area contributed by atoms with Crippen molar-refractivity contribution in [2.45, 2.75) is 30.2 Å². The van der Waals surface area contributed by atoms with Crippen molar-refractivity contribution in [1.82, 2.24) is 4.31 Å². The second-order valence-corrected chi connectivity index (χ2v) is 8.18. The van der Waals surface area contributed by atoms with E-state index in [1.54, 1.807) is 30.9 Å². The van der Waals surface area contributed by atoms with Crippen molar-refractivity contribution in [1.29, 1.82) is 0 Å². The van der Waals surface area contributed by atoms with Gasteiger partial charge in [-0.05, 0) is 42.4 Å². The van der Waals surface area contributed by atoms with Gasteiger partial charge in [0.05, 0.1) is 4.90 Å². The monoisotopic (exact) mass is 319 g/mol. The van der Waals surface area contributed by atoms with Crippen LogP contribution in [0, 0.1) is 6.92 Å². The first kappa shape index (κ1) is 15.2. The molecule has 1 aliphatic heterocycles. The number of hydrogen-bond donors (Lipinski definition) is 0. The van der Waals surface area contributed by atoms with Crippen LogP contribution in [0.1, 0.15) is 17.5 Å². The first-order chi connectivity index (χ1) is 8.96. The molecule has 1 saturated heterocycles. The molecular formula is C13H18ClNO2S2. The van der Waals surface area contributed by atoms with Gasteiger partial charge in [-0.3, -0.25) is 0 Å². The van der Waals surface area contributed by atoms with E-state index in [0.717, 1.165) is 29.1 Å². The third-order valence-electron chi connectivity index (χ3n) is 3.56. The average Bonchev–Trinajstić information content (AvgIpc) is 2.91. The molecule has 0 bridgehead atoms. The number of alkyl halides is 1. The molecule has 0 aliphatic carbocycles. The van der Waals surface area contributed by atoms with Crippen molar-refractivity contribution < 1.29 is 8.42 Å². The lowest BCUT2D eigenvalue weighted by Crippen LogP contribution is -2.37. The van der Waals surface area contributed by atoms with Crippen LogP contribution in [0.25, 0.3) is 0 Å². The van der Waals surface area contributed by atoms with Gasteiger partial charge in [0.25, 0.3) is 0 Å². The van der Waals surface area contributed by atoms with Crippen molar-refractivity contribution in [2.75, 3.05) is 18.6 Å². The fourth-order valence-electron chi connectivity index (χ4n) is 2.12. The zero-order valence-electron chi connectivity index (χ0n) is 11.1. The van der Waals surface area contributed by atoms with Crippen LogP contribution in [-0.4, -0.2) is 37.3 Å². The second kappa shape index (κ2) is 6.04. The first-order valence-electron chi connectivity index (χ1n) is 6.18. The van der Waals surface area contributed by atoms with Crippen molar-refractivity contribution in [3.05, 3.63) is 29.3 Å². The molecule has 1 unspecified atom stereocenters. The van der Waals surface area contributed by atoms with E-state index < -0.39 is 10.0 Å². The van der Waals surface area contributed by atoms with Crippen molar-refractivity contribution in [3.8, 4) is 0 Å². The SMILES string of the molecule is Cc1ccc(S(=O)(=O)N(C)C2CCSC2)cc1CCl. The normalized spacial score (nSPS) is 20.1. The minimum absolute atomic E-state index is 0.107. The Hall–Kier alpha value is -0.230. The zero-order chi connectivity index (χ0) is 14.0. The molecule has 0 amide bonds. The van der Waals surface area contributed by atoms with Crippen molar-refractivity contribution >= 4 is 33.4 Å². The maximum absolute atomic E-state index is 12.6. The van der Waals surface area contributed by atoms with Gasteiger partial charge < -0.3 is 0 Å². The van der Waals surface area contributed by atoms with Crippen LogP contribution in [0.5, 0.6) is 0 Å². The molecule has 1 atom stereocenters. The molecule has 6 heteroatoms. The van der Waals surface area contributed by atoms with Crippen molar-refractivity contribution in [2.24, 2.45) is 0 Å². The van der Waals surface area contributed by atoms with Crippen molar-refractivity contribution in [3.63, 3.8) is 0 Å². The Morgan fingerprint density at radius 2 is 2.21 bits per heavy atom. The molecular weight excluding hydrogens is 302 g/mol. The average molecular weight is 320 g/mol. The third-order valence-corrected chi connectivity index (χ3v) is 6.90. The van der Waals surface area contributed by atoms with Gasteiger partial charge in [0, 0.05) is 24.7 Å². The summed E-state index contributed by atoms with van der Waals surface area (Å²) in [7, 11) is -1.74. The molecule has 0 spiro atoms. The first-order valence-corrected chi connectivity index (χ1v) is 9.31. The maximum Gasteiger partial charge on any atom is 0.243 e. The highest BCUT2D eigenvalue weighted by molar-refractivity contribution is 7.99. The van der Waals surface area contributed by atoms with Gasteiger partial charge in [-0.15, -0.1) is 11.6 Å². The summed E-state index contributed by atoms with van der Waals surface area (Å²) in [6, 6.07) is 5.29. The molecule has 0 saturated carbocycles. The summed E-state index contributed by atoms with van der Waals surface area (Å²) in [4.78, 5) is 0.341. The quantitative estimate of drug-likeness (QED) is 0.801. The highest BCUT2D eigenvalue weighted by Gasteiger charge is 2.30. The molecule has 19 heavy (non-hydrogen) atoms. The summed E-state index contributed by atoms with van der Waals surface area (Å²) in [6.07, 6.45) is 0.925. The van der Waals surface area contributed by atoms with E-state index in [-0.39, 0.29) is 6.04 Å². The van der Waals surface area contributed by atoms with Crippen LogP contribution in [0.3, 0.4) is 0 Å². The lowest BCUT2D eigenvalue weighted by atomic mass is 10.1. The fraction of sp³-hybridized carbons (Fsp3) is 0.538. The van der Waals surface area contributed by atoms with Gasteiger partial charge in [-0.1, -0.05) is 6.07 Å². The van der Waals surface area contributed by atoms with Gasteiger partial charge >= 0.3 is 0 Å². The Balaban J connectivity index is 2.33. The number of nitrogens with zero attached hydrogens (tertiary/aromatic N) is 1. The minimum atomic E-state index is -3.41. The van der Waals surface area contributed by atoms with E-state index >= 15 is 0 Å². The molecule has 1 fully saturated rings. The highest BCUT2D eigenvalue weighted by atomic mass is 35.5. The number of aryl methyl sites for hydroxylation is 1. The molecule has 1 aliphatic rings. The summed E-state index contributed by atoms with van der Waals surface area (Å²) < 4.78 is 26.7. The van der Waals surface area contributed by atoms with Crippen LogP contribution in [0.4, 0.5) is 0 Å². The number of sulfonamides is 1. The van der Waals surface area contributed by atoms with Gasteiger partial charge in [0.2, 0.25) is 10.0 Å². The molecule has 1 heterocycles. The molecule has 1 aromatic carbocycles. The molecule has 1 aromatic rings. The smallest absolute Gasteiger partial charge is 0.207 e. The molecule has 0 aromatic heterocycles. The zero-order valence-corrected chi connectivity index (χ0v) is 13.5. The Morgan fingerprint density at radius 3 is 2.79 bits per heavy atom. The molecule has 2 rings (SSSR count). The predicted molar refractivity (Wildman–Crippen MR) is 81.4 cm³/mol. The summed E-state index contributed by atoms with van der Waals surface area (Å²) in [5.74, 6) is 2.24. The maximum atomic E-state index is 12.6. The van der Waals surface area contributed by atoms with Crippen LogP contribution in [0.2, 0.25) is 0 Å². The molecule has 0 radical (unpaired) electrons. The molecule has 0 N–H and O–H groups in total. The number of rotatable bonds is 4. The van der Waals surface area contributed by atoms with E-state index in [1.807, 2.05) is 13.0 Å². The molecule has 3 nitrogen and oxygen atoms in total. The number of thioether (sulfide) groups is 1. The Morgan fingerprint density at radius 1 is 1.47 bits per heavy atom. The van der Waals surface area contributed by atoms with E-state index in [1.165, 1.54) is 4.31 Å². The summed E-state index contributed by atoms with van der Waals surface area (Å²) in [6.45, 7) is 1.94. The van der Waals surface area contributed by atoms with Gasteiger partial charge in [0.1, 0.15) is 0 Å². The Bertz CT molecular complexity index is 554. The Kier molecular flexibility index (Phi) is 4.82. The lowest BCUT2D eigenvalue weighted by molar-refractivity contribution is 0.394. The minimum Gasteiger partial charge on any atom is -0.207 e. The van der Waals surface area contributed by atoms with Gasteiger partial charge in [-0.25, -0.2) is 8.42 Å². The molecule has 106 valence electrons. The van der Waals surface area contributed by atoms with E-state index in [9.17, 15) is 8.42 Å². The van der Waals surface area contributed by atoms with Crippen LogP contribution < -0.4 is 0 Å². The number of hydrogen-bond acceptors (Lipinski definition) is 3. The number of halogens is 1. The van der Waals surface area contributed by atoms with E-state index in [0.29, 0.717) is 10.8 Å². The fourth-order valence-corrected chi connectivity index (χ4v) is 5.21. The summed E-state index contributed by atoms with van der Waals surface area (Å²) in [5, 5.41) is 0. The predicted octanol–water partition coefficient (Wildman–Crippen LogP) is 2.86. The largest absolute Gasteiger partial charge is 0.243 e. The summed E-state index contributed by atoms with van der Waals surface area (Å²) in [5.41, 5.74) is 1.89. The second-order valence-electron chi connectivity index (χ2n) is 4.76. The van der Waals surface area contributed by atoms with E-state index in [2.05, 4.69) is 0 Å². The van der Waals surface area contributed by atoms with Gasteiger partial charge in [0.15, 0.2) is 0 Å². The third kappa shape index (κ3) is 3.10. The van der Waals surface area contributed by atoms with Crippen LogP contribution in [0.15, 0.2) is 23.1 Å². The lowest BCUT2D eigenvalue weighted by Gasteiger charge is -2.23. The standard InChI is InChI=1S/C13H18ClNO2S2/c1-10-3-4-13(7-11(10)8-14)19(16,17)15(2)12-5-6-18-9-12/h3-4,7,12H,5-6,8-9H2,1-2H3. The summed E-state index contributed by atoms with van der Waals surface area (Å²) >= 11 is 7.65. The Labute approximate surface area is 124 Å². The highest BCUT2D eigenvalue weighted by Crippen LogP contribution is 2.27.